The zero-order chi connectivity index (χ0) is 15.0. The van der Waals surface area contributed by atoms with Crippen LogP contribution >= 0.6 is 11.3 Å². The molecule has 0 unspecified atom stereocenters. The highest BCUT2D eigenvalue weighted by Gasteiger charge is 2.11. The fourth-order valence-electron chi connectivity index (χ4n) is 2.27. The highest BCUT2D eigenvalue weighted by Crippen LogP contribution is 2.19. The average molecular weight is 303 g/mol. The van der Waals surface area contributed by atoms with Crippen molar-refractivity contribution in [3.05, 3.63) is 63.3 Å². The molecule has 0 aliphatic carbocycles. The Morgan fingerprint density at radius 2 is 2.14 bits per heavy atom. The van der Waals surface area contributed by atoms with Crippen molar-refractivity contribution in [2.45, 2.75) is 13.5 Å². The number of halogens is 1. The molecule has 0 amide bonds. The Bertz CT molecular complexity index is 855. The second kappa shape index (κ2) is 5.29. The zero-order valence-corrected chi connectivity index (χ0v) is 12.5. The molecule has 0 N–H and O–H groups in total. The van der Waals surface area contributed by atoms with Gasteiger partial charge in [0.2, 0.25) is 0 Å². The second-order valence-corrected chi connectivity index (χ2v) is 5.72. The summed E-state index contributed by atoms with van der Waals surface area (Å²) in [5.74, 6) is -0.287. The maximum absolute atomic E-state index is 13.8. The van der Waals surface area contributed by atoms with Gasteiger partial charge in [0.1, 0.15) is 5.82 Å². The first-order chi connectivity index (χ1) is 10.1. The molecular weight excluding hydrogens is 289 g/mol. The molecule has 3 aromatic rings. The number of para-hydroxylation sites is 1. The molecule has 0 saturated heterocycles. The van der Waals surface area contributed by atoms with Crippen molar-refractivity contribution < 1.29 is 4.39 Å². The minimum absolute atomic E-state index is 0.101. The van der Waals surface area contributed by atoms with E-state index in [1.165, 1.54) is 23.5 Å². The average Bonchev–Trinajstić information content (AvgIpc) is 2.81. The predicted octanol–water partition coefficient (Wildman–Crippen LogP) is 2.84. The molecule has 0 aliphatic heterocycles. The van der Waals surface area contributed by atoms with E-state index in [1.807, 2.05) is 12.3 Å². The summed E-state index contributed by atoms with van der Waals surface area (Å²) in [4.78, 5) is 19.0. The van der Waals surface area contributed by atoms with E-state index in [4.69, 9.17) is 0 Å². The summed E-state index contributed by atoms with van der Waals surface area (Å²) in [6.07, 6.45) is 0. The quantitative estimate of drug-likeness (QED) is 0.746. The third kappa shape index (κ3) is 2.54. The van der Waals surface area contributed by atoms with E-state index in [0.29, 0.717) is 22.9 Å². The smallest absolute Gasteiger partial charge is 0.259 e. The molecule has 1 aromatic carbocycles. The molecule has 0 fully saturated rings. The molecule has 4 nitrogen and oxygen atoms in total. The van der Waals surface area contributed by atoms with Crippen molar-refractivity contribution in [3.63, 3.8) is 0 Å². The largest absolute Gasteiger partial charge is 0.366 e. The molecule has 0 spiro atoms. The Labute approximate surface area is 125 Å². The lowest BCUT2D eigenvalue weighted by Crippen LogP contribution is -2.22. The number of thiazole rings is 1. The van der Waals surface area contributed by atoms with E-state index in [9.17, 15) is 9.18 Å². The fraction of sp³-hybridized carbons (Fsp3) is 0.200. The van der Waals surface area contributed by atoms with Crippen LogP contribution in [0, 0.1) is 12.7 Å². The summed E-state index contributed by atoms with van der Waals surface area (Å²) < 4.78 is 15.3. The van der Waals surface area contributed by atoms with Gasteiger partial charge in [0.05, 0.1) is 17.9 Å². The van der Waals surface area contributed by atoms with Crippen LogP contribution in [0.5, 0.6) is 0 Å². The Morgan fingerprint density at radius 3 is 2.90 bits per heavy atom. The first-order valence-corrected chi connectivity index (χ1v) is 7.36. The molecular formula is C15H14FN3OS. The van der Waals surface area contributed by atoms with Crippen molar-refractivity contribution in [1.82, 2.24) is 9.38 Å². The third-order valence-corrected chi connectivity index (χ3v) is 4.24. The molecule has 0 bridgehead atoms. The molecule has 108 valence electrons. The second-order valence-electron chi connectivity index (χ2n) is 4.89. The molecule has 0 saturated carbocycles. The van der Waals surface area contributed by atoms with Gasteiger partial charge in [-0.15, -0.1) is 11.3 Å². The van der Waals surface area contributed by atoms with Crippen molar-refractivity contribution >= 4 is 22.0 Å². The molecule has 6 heteroatoms. The van der Waals surface area contributed by atoms with E-state index in [0.717, 1.165) is 5.69 Å². The fourth-order valence-corrected chi connectivity index (χ4v) is 3.16. The lowest BCUT2D eigenvalue weighted by Gasteiger charge is -2.19. The Morgan fingerprint density at radius 1 is 1.38 bits per heavy atom. The maximum atomic E-state index is 13.8. The van der Waals surface area contributed by atoms with E-state index in [-0.39, 0.29) is 11.4 Å². The lowest BCUT2D eigenvalue weighted by atomic mass is 10.2. The summed E-state index contributed by atoms with van der Waals surface area (Å²) in [7, 11) is 1.78. The van der Waals surface area contributed by atoms with Crippen molar-refractivity contribution in [2.75, 3.05) is 11.9 Å². The summed E-state index contributed by atoms with van der Waals surface area (Å²) in [5, 5.41) is 1.90. The van der Waals surface area contributed by atoms with Crippen LogP contribution in [-0.4, -0.2) is 16.4 Å². The predicted molar refractivity (Wildman–Crippen MR) is 82.6 cm³/mol. The summed E-state index contributed by atoms with van der Waals surface area (Å²) in [6, 6.07) is 8.06. The number of nitrogens with zero attached hydrogens (tertiary/aromatic N) is 3. The Balaban J connectivity index is 1.95. The summed E-state index contributed by atoms with van der Waals surface area (Å²) in [6.45, 7) is 2.25. The molecule has 0 atom stereocenters. The van der Waals surface area contributed by atoms with Gasteiger partial charge in [-0.2, -0.15) is 0 Å². The number of rotatable bonds is 3. The van der Waals surface area contributed by atoms with E-state index in [2.05, 4.69) is 4.98 Å². The van der Waals surface area contributed by atoms with Gasteiger partial charge < -0.3 is 4.90 Å². The van der Waals surface area contributed by atoms with Crippen LogP contribution in [0.3, 0.4) is 0 Å². The van der Waals surface area contributed by atoms with Crippen molar-refractivity contribution in [1.29, 1.82) is 0 Å². The Hall–Kier alpha value is -2.21. The number of aromatic nitrogens is 2. The van der Waals surface area contributed by atoms with Crippen LogP contribution < -0.4 is 10.5 Å². The lowest BCUT2D eigenvalue weighted by molar-refractivity contribution is 0.621. The molecule has 0 radical (unpaired) electrons. The monoisotopic (exact) mass is 303 g/mol. The highest BCUT2D eigenvalue weighted by molar-refractivity contribution is 7.15. The topological polar surface area (TPSA) is 37.6 Å². The zero-order valence-electron chi connectivity index (χ0n) is 11.7. The van der Waals surface area contributed by atoms with Gasteiger partial charge in [0, 0.05) is 24.2 Å². The standard InChI is InChI=1S/C15H14FN3OS/c1-10-9-21-15-17-11(7-14(20)19(10)15)8-18(2)13-6-4-3-5-12(13)16/h3-7,9H,8H2,1-2H3. The van der Waals surface area contributed by atoms with E-state index < -0.39 is 0 Å². The molecule has 3 rings (SSSR count). The first-order valence-electron chi connectivity index (χ1n) is 6.48. The van der Waals surface area contributed by atoms with Gasteiger partial charge in [-0.05, 0) is 19.1 Å². The van der Waals surface area contributed by atoms with Crippen LogP contribution in [0.25, 0.3) is 4.96 Å². The van der Waals surface area contributed by atoms with Gasteiger partial charge in [0.15, 0.2) is 4.96 Å². The van der Waals surface area contributed by atoms with Crippen LogP contribution in [0.4, 0.5) is 10.1 Å². The first kappa shape index (κ1) is 13.8. The minimum atomic E-state index is -0.287. The van der Waals surface area contributed by atoms with Crippen LogP contribution in [-0.2, 0) is 6.54 Å². The SMILES string of the molecule is Cc1csc2nc(CN(C)c3ccccc3F)cc(=O)n12. The maximum Gasteiger partial charge on any atom is 0.259 e. The molecule has 2 heterocycles. The molecule has 2 aromatic heterocycles. The number of fused-ring (bicyclic) bond motifs is 1. The highest BCUT2D eigenvalue weighted by atomic mass is 32.1. The number of hydrogen-bond acceptors (Lipinski definition) is 4. The minimum Gasteiger partial charge on any atom is -0.366 e. The van der Waals surface area contributed by atoms with Gasteiger partial charge >= 0.3 is 0 Å². The number of anilines is 1. The van der Waals surface area contributed by atoms with Gasteiger partial charge in [-0.25, -0.2) is 9.37 Å². The molecule has 0 aliphatic rings. The van der Waals surface area contributed by atoms with Crippen molar-refractivity contribution in [2.24, 2.45) is 0 Å². The molecule has 21 heavy (non-hydrogen) atoms. The number of aryl methyl sites for hydroxylation is 1. The third-order valence-electron chi connectivity index (χ3n) is 3.29. The normalized spacial score (nSPS) is 11.0. The number of benzene rings is 1. The number of hydrogen-bond donors (Lipinski definition) is 0. The Kier molecular flexibility index (Phi) is 3.47. The van der Waals surface area contributed by atoms with Crippen LogP contribution in [0.15, 0.2) is 40.5 Å². The van der Waals surface area contributed by atoms with Crippen LogP contribution in [0.1, 0.15) is 11.4 Å². The summed E-state index contributed by atoms with van der Waals surface area (Å²) in [5.41, 5.74) is 1.90. The van der Waals surface area contributed by atoms with Crippen LogP contribution in [0.2, 0.25) is 0 Å². The van der Waals surface area contributed by atoms with Gasteiger partial charge in [-0.1, -0.05) is 12.1 Å². The van der Waals surface area contributed by atoms with Gasteiger partial charge in [-0.3, -0.25) is 9.20 Å². The van der Waals surface area contributed by atoms with E-state index >= 15 is 0 Å². The van der Waals surface area contributed by atoms with Gasteiger partial charge in [0.25, 0.3) is 5.56 Å². The summed E-state index contributed by atoms with van der Waals surface area (Å²) >= 11 is 1.43. The van der Waals surface area contributed by atoms with Crippen molar-refractivity contribution in [3.8, 4) is 0 Å². The van der Waals surface area contributed by atoms with E-state index in [1.54, 1.807) is 34.5 Å².